The molecule has 1 aliphatic carbocycles. The molecule has 0 aromatic carbocycles. The second kappa shape index (κ2) is 8.57. The van der Waals surface area contributed by atoms with E-state index in [1.165, 1.54) is 73.8 Å². The van der Waals surface area contributed by atoms with Gasteiger partial charge in [-0.2, -0.15) is 0 Å². The van der Waals surface area contributed by atoms with Gasteiger partial charge in [0.15, 0.2) is 0 Å². The van der Waals surface area contributed by atoms with Crippen molar-refractivity contribution < 1.29 is 0 Å². The Bertz CT molecular complexity index is 498. The van der Waals surface area contributed by atoms with Crippen molar-refractivity contribution in [3.63, 3.8) is 0 Å². The average molecular weight is 314 g/mol. The summed E-state index contributed by atoms with van der Waals surface area (Å²) in [5.41, 5.74) is 6.05. The largest absolute Gasteiger partial charge is 0.364 e. The molecule has 1 heteroatoms. The molecule has 0 amide bonds. The highest BCUT2D eigenvalue weighted by Gasteiger charge is 2.32. The Morgan fingerprint density at radius 1 is 1.26 bits per heavy atom. The number of hydrogen-bond donors (Lipinski definition) is 1. The van der Waals surface area contributed by atoms with E-state index in [1.807, 2.05) is 0 Å². The van der Waals surface area contributed by atoms with Crippen molar-refractivity contribution in [2.45, 2.75) is 85.0 Å². The molecule has 0 atom stereocenters. The highest BCUT2D eigenvalue weighted by atomic mass is 14.9. The highest BCUT2D eigenvalue weighted by Crippen LogP contribution is 2.46. The second-order valence-electron chi connectivity index (χ2n) is 7.58. The molecule has 2 rings (SSSR count). The zero-order chi connectivity index (χ0) is 16.7. The van der Waals surface area contributed by atoms with E-state index in [4.69, 9.17) is 0 Å². The van der Waals surface area contributed by atoms with E-state index in [0.717, 1.165) is 12.8 Å². The zero-order valence-corrected chi connectivity index (χ0v) is 15.5. The minimum Gasteiger partial charge on any atom is -0.364 e. The van der Waals surface area contributed by atoms with Gasteiger partial charge in [-0.15, -0.1) is 0 Å². The minimum absolute atomic E-state index is 0.628. The van der Waals surface area contributed by atoms with E-state index in [0.29, 0.717) is 5.41 Å². The molecule has 0 aromatic heterocycles. The average Bonchev–Trinajstić information content (AvgIpc) is 3.16. The Balaban J connectivity index is 1.86. The molecule has 0 bridgehead atoms. The molecule has 0 spiro atoms. The summed E-state index contributed by atoms with van der Waals surface area (Å²) in [6.07, 6.45) is 19.8. The van der Waals surface area contributed by atoms with Crippen molar-refractivity contribution >= 4 is 0 Å². The van der Waals surface area contributed by atoms with Crippen molar-refractivity contribution in [2.75, 3.05) is 0 Å². The predicted molar refractivity (Wildman–Crippen MR) is 102 cm³/mol. The van der Waals surface area contributed by atoms with Crippen molar-refractivity contribution in [1.82, 2.24) is 5.32 Å². The summed E-state index contributed by atoms with van der Waals surface area (Å²) in [6.45, 7) is 11.1. The Morgan fingerprint density at radius 2 is 2.00 bits per heavy atom. The van der Waals surface area contributed by atoms with Crippen LogP contribution in [0.4, 0.5) is 0 Å². The van der Waals surface area contributed by atoms with E-state index in [1.54, 1.807) is 0 Å². The molecular weight excluding hydrogens is 278 g/mol. The molecule has 0 radical (unpaired) electrons. The van der Waals surface area contributed by atoms with Crippen molar-refractivity contribution in [1.29, 1.82) is 0 Å². The van der Waals surface area contributed by atoms with Crippen LogP contribution >= 0.6 is 0 Å². The van der Waals surface area contributed by atoms with Gasteiger partial charge >= 0.3 is 0 Å². The van der Waals surface area contributed by atoms with E-state index in [2.05, 4.69) is 51.0 Å². The van der Waals surface area contributed by atoms with Crippen molar-refractivity contribution in [2.24, 2.45) is 5.41 Å². The molecule has 1 saturated carbocycles. The summed E-state index contributed by atoms with van der Waals surface area (Å²) in [4.78, 5) is 0. The van der Waals surface area contributed by atoms with Crippen LogP contribution < -0.4 is 5.32 Å². The number of hydrogen-bond acceptors (Lipinski definition) is 1. The molecular formula is C22H35N. The van der Waals surface area contributed by atoms with Crippen LogP contribution in [0.1, 0.15) is 85.0 Å². The Kier molecular flexibility index (Phi) is 6.74. The molecule has 1 nitrogen and oxygen atoms in total. The van der Waals surface area contributed by atoms with E-state index < -0.39 is 0 Å². The minimum atomic E-state index is 0.628. The first kappa shape index (κ1) is 18.1. The summed E-state index contributed by atoms with van der Waals surface area (Å²) in [5.74, 6) is 0. The number of nitrogens with one attached hydrogen (secondary N) is 1. The first-order valence-corrected chi connectivity index (χ1v) is 9.59. The maximum Gasteiger partial charge on any atom is 0.0194 e. The highest BCUT2D eigenvalue weighted by molar-refractivity contribution is 5.39. The summed E-state index contributed by atoms with van der Waals surface area (Å²) in [7, 11) is 0. The van der Waals surface area contributed by atoms with E-state index >= 15 is 0 Å². The van der Waals surface area contributed by atoms with Crippen molar-refractivity contribution in [3.8, 4) is 0 Å². The molecule has 1 aliphatic heterocycles. The van der Waals surface area contributed by atoms with Crippen LogP contribution in [0, 0.1) is 5.41 Å². The molecule has 0 saturated heterocycles. The van der Waals surface area contributed by atoms with Crippen LogP contribution in [0.5, 0.6) is 0 Å². The molecule has 128 valence electrons. The van der Waals surface area contributed by atoms with Crippen LogP contribution in [0.2, 0.25) is 0 Å². The van der Waals surface area contributed by atoms with Crippen LogP contribution in [-0.2, 0) is 0 Å². The molecule has 0 aromatic rings. The third-order valence-corrected chi connectivity index (χ3v) is 5.60. The maximum atomic E-state index is 4.39. The Morgan fingerprint density at radius 3 is 2.65 bits per heavy atom. The van der Waals surface area contributed by atoms with E-state index in [-0.39, 0.29) is 0 Å². The van der Waals surface area contributed by atoms with E-state index in [9.17, 15) is 0 Å². The van der Waals surface area contributed by atoms with Gasteiger partial charge in [0, 0.05) is 18.3 Å². The first-order chi connectivity index (χ1) is 11.1. The lowest BCUT2D eigenvalue weighted by atomic mass is 9.76. The fraction of sp³-hybridized carbons (Fsp3) is 0.636. The fourth-order valence-corrected chi connectivity index (χ4v) is 4.32. The number of rotatable bonds is 8. The summed E-state index contributed by atoms with van der Waals surface area (Å²) in [5, 5.41) is 3.44. The molecule has 1 N–H and O–H groups in total. The quantitative estimate of drug-likeness (QED) is 0.519. The summed E-state index contributed by atoms with van der Waals surface area (Å²) >= 11 is 0. The normalized spacial score (nSPS) is 22.3. The SMILES string of the molecule is C=C(CCC1(CCC)CCCC1)C1=CN/C(=C/C(C)=C\CC)C1. The molecule has 2 aliphatic rings. The number of allylic oxidation sites excluding steroid dienone is 5. The Labute approximate surface area is 143 Å². The first-order valence-electron chi connectivity index (χ1n) is 9.59. The molecule has 1 fully saturated rings. The monoisotopic (exact) mass is 313 g/mol. The van der Waals surface area contributed by atoms with Gasteiger partial charge in [0.25, 0.3) is 0 Å². The lowest BCUT2D eigenvalue weighted by Gasteiger charge is -2.29. The van der Waals surface area contributed by atoms with Gasteiger partial charge in [0.2, 0.25) is 0 Å². The zero-order valence-electron chi connectivity index (χ0n) is 15.5. The van der Waals surface area contributed by atoms with Crippen LogP contribution in [0.3, 0.4) is 0 Å². The van der Waals surface area contributed by atoms with Crippen LogP contribution in [-0.4, -0.2) is 0 Å². The molecule has 1 heterocycles. The molecule has 0 unspecified atom stereocenters. The van der Waals surface area contributed by atoms with Gasteiger partial charge in [-0.25, -0.2) is 0 Å². The standard InChI is InChI=1S/C22H35N/c1-5-9-18(3)15-21-16-20(17-23-21)19(4)10-14-22(11-6-2)12-7-8-13-22/h9,15,17,23H,4-8,10-14,16H2,1-3H3/b18-9-,21-15+. The third-order valence-electron chi connectivity index (χ3n) is 5.60. The lowest BCUT2D eigenvalue weighted by molar-refractivity contribution is 0.246. The smallest absolute Gasteiger partial charge is 0.0194 e. The van der Waals surface area contributed by atoms with Gasteiger partial charge in [-0.05, 0) is 62.5 Å². The van der Waals surface area contributed by atoms with Gasteiger partial charge in [-0.1, -0.05) is 56.9 Å². The second-order valence-corrected chi connectivity index (χ2v) is 7.58. The Hall–Kier alpha value is -1.24. The lowest BCUT2D eigenvalue weighted by Crippen LogP contribution is -2.16. The van der Waals surface area contributed by atoms with Gasteiger partial charge in [0.1, 0.15) is 0 Å². The fourth-order valence-electron chi connectivity index (χ4n) is 4.32. The van der Waals surface area contributed by atoms with Gasteiger partial charge in [0.05, 0.1) is 0 Å². The van der Waals surface area contributed by atoms with Crippen molar-refractivity contribution in [3.05, 3.63) is 47.3 Å². The summed E-state index contributed by atoms with van der Waals surface area (Å²) < 4.78 is 0. The van der Waals surface area contributed by atoms with Crippen LogP contribution in [0.25, 0.3) is 0 Å². The van der Waals surface area contributed by atoms with Crippen LogP contribution in [0.15, 0.2) is 47.3 Å². The van der Waals surface area contributed by atoms with Gasteiger partial charge < -0.3 is 5.32 Å². The molecule has 23 heavy (non-hydrogen) atoms. The van der Waals surface area contributed by atoms with Gasteiger partial charge in [-0.3, -0.25) is 0 Å². The third kappa shape index (κ3) is 5.12. The predicted octanol–water partition coefficient (Wildman–Crippen LogP) is 6.80. The maximum absolute atomic E-state index is 4.39. The summed E-state index contributed by atoms with van der Waals surface area (Å²) in [6, 6.07) is 0. The topological polar surface area (TPSA) is 12.0 Å².